The lowest BCUT2D eigenvalue weighted by atomic mass is 10.1. The Hall–Kier alpha value is -2.63. The fourth-order valence-corrected chi connectivity index (χ4v) is 2.07. The van der Waals surface area contributed by atoms with Gasteiger partial charge in [0.2, 0.25) is 0 Å². The van der Waals surface area contributed by atoms with Crippen LogP contribution < -0.4 is 5.32 Å². The first-order chi connectivity index (χ1) is 10.1. The molecule has 0 spiro atoms. The van der Waals surface area contributed by atoms with Crippen LogP contribution in [0.4, 0.5) is 24.7 Å². The van der Waals surface area contributed by atoms with Gasteiger partial charge in [-0.05, 0) is 24.3 Å². The Kier molecular flexibility index (Phi) is 3.21. The summed E-state index contributed by atoms with van der Waals surface area (Å²) in [5.41, 5.74) is -0.0963. The molecule has 0 aliphatic heterocycles. The standard InChI is InChI=1S/C15H10F3N3/c16-15(17,18)11-6-2-4-8-13(11)21-14-10-5-1-3-7-12(10)19-9-20-14/h1-9H,(H,19,20,21). The summed E-state index contributed by atoms with van der Waals surface area (Å²) < 4.78 is 39.0. The number of para-hydroxylation sites is 2. The van der Waals surface area contributed by atoms with Gasteiger partial charge >= 0.3 is 6.18 Å². The molecular weight excluding hydrogens is 279 g/mol. The lowest BCUT2D eigenvalue weighted by molar-refractivity contribution is -0.136. The van der Waals surface area contributed by atoms with Gasteiger partial charge in [0, 0.05) is 5.39 Å². The normalized spacial score (nSPS) is 11.6. The third-order valence-corrected chi connectivity index (χ3v) is 3.03. The first-order valence-corrected chi connectivity index (χ1v) is 6.19. The van der Waals surface area contributed by atoms with E-state index in [2.05, 4.69) is 15.3 Å². The fraction of sp³-hybridized carbons (Fsp3) is 0.0667. The van der Waals surface area contributed by atoms with E-state index >= 15 is 0 Å². The highest BCUT2D eigenvalue weighted by molar-refractivity contribution is 5.90. The summed E-state index contributed by atoms with van der Waals surface area (Å²) in [6, 6.07) is 12.4. The molecule has 3 aromatic rings. The Morgan fingerprint density at radius 3 is 2.38 bits per heavy atom. The summed E-state index contributed by atoms with van der Waals surface area (Å²) in [5, 5.41) is 3.41. The van der Waals surface area contributed by atoms with Crippen molar-refractivity contribution in [3.05, 3.63) is 60.4 Å². The third kappa shape index (κ3) is 2.65. The molecule has 1 aromatic heterocycles. The zero-order valence-electron chi connectivity index (χ0n) is 10.7. The summed E-state index contributed by atoms with van der Waals surface area (Å²) in [4.78, 5) is 8.12. The highest BCUT2D eigenvalue weighted by Crippen LogP contribution is 2.36. The Morgan fingerprint density at radius 2 is 1.57 bits per heavy atom. The number of alkyl halides is 3. The first kappa shape index (κ1) is 13.4. The molecule has 1 N–H and O–H groups in total. The molecule has 0 saturated heterocycles. The maximum atomic E-state index is 13.0. The van der Waals surface area contributed by atoms with Gasteiger partial charge in [-0.1, -0.05) is 24.3 Å². The van der Waals surface area contributed by atoms with Crippen molar-refractivity contribution in [2.24, 2.45) is 0 Å². The Morgan fingerprint density at radius 1 is 0.857 bits per heavy atom. The molecule has 0 aliphatic rings. The van der Waals surface area contributed by atoms with Crippen molar-refractivity contribution in [1.29, 1.82) is 0 Å². The average molecular weight is 289 g/mol. The minimum absolute atomic E-state index is 0.0335. The number of nitrogens with zero attached hydrogens (tertiary/aromatic N) is 2. The van der Waals surface area contributed by atoms with Gasteiger partial charge in [-0.2, -0.15) is 13.2 Å². The van der Waals surface area contributed by atoms with Gasteiger partial charge in [-0.3, -0.25) is 0 Å². The fourth-order valence-electron chi connectivity index (χ4n) is 2.07. The lowest BCUT2D eigenvalue weighted by Gasteiger charge is -2.14. The minimum atomic E-state index is -4.42. The van der Waals surface area contributed by atoms with E-state index in [0.29, 0.717) is 16.7 Å². The van der Waals surface area contributed by atoms with Crippen molar-refractivity contribution < 1.29 is 13.2 Å². The monoisotopic (exact) mass is 289 g/mol. The summed E-state index contributed by atoms with van der Waals surface area (Å²) in [7, 11) is 0. The molecule has 0 aliphatic carbocycles. The van der Waals surface area contributed by atoms with Crippen molar-refractivity contribution in [2.45, 2.75) is 6.18 Å². The summed E-state index contributed by atoms with van der Waals surface area (Å²) >= 11 is 0. The topological polar surface area (TPSA) is 37.8 Å². The van der Waals surface area contributed by atoms with E-state index in [9.17, 15) is 13.2 Å². The molecule has 0 atom stereocenters. The number of rotatable bonds is 2. The molecule has 6 heteroatoms. The number of halogens is 3. The molecule has 0 unspecified atom stereocenters. The molecule has 21 heavy (non-hydrogen) atoms. The van der Waals surface area contributed by atoms with Gasteiger partial charge in [0.1, 0.15) is 12.1 Å². The van der Waals surface area contributed by atoms with Crippen molar-refractivity contribution in [3.8, 4) is 0 Å². The van der Waals surface area contributed by atoms with Crippen LogP contribution in [0.2, 0.25) is 0 Å². The van der Waals surface area contributed by atoms with E-state index in [-0.39, 0.29) is 5.69 Å². The van der Waals surface area contributed by atoms with E-state index in [4.69, 9.17) is 0 Å². The van der Waals surface area contributed by atoms with Gasteiger partial charge in [-0.15, -0.1) is 0 Å². The van der Waals surface area contributed by atoms with Crippen LogP contribution in [-0.2, 0) is 6.18 Å². The van der Waals surface area contributed by atoms with E-state index in [1.54, 1.807) is 24.3 Å². The van der Waals surface area contributed by atoms with Crippen molar-refractivity contribution in [1.82, 2.24) is 9.97 Å². The highest BCUT2D eigenvalue weighted by atomic mass is 19.4. The molecule has 106 valence electrons. The number of nitrogens with one attached hydrogen (secondary N) is 1. The lowest BCUT2D eigenvalue weighted by Crippen LogP contribution is -2.09. The SMILES string of the molecule is FC(F)(F)c1ccccc1Nc1ncnc2ccccc12. The average Bonchev–Trinajstić information content (AvgIpc) is 2.47. The molecule has 0 amide bonds. The number of anilines is 2. The third-order valence-electron chi connectivity index (χ3n) is 3.03. The molecule has 3 nitrogen and oxygen atoms in total. The molecule has 0 saturated carbocycles. The largest absolute Gasteiger partial charge is 0.418 e. The quantitative estimate of drug-likeness (QED) is 0.760. The Labute approximate surface area is 118 Å². The smallest absolute Gasteiger partial charge is 0.339 e. The van der Waals surface area contributed by atoms with E-state index in [1.807, 2.05) is 6.07 Å². The van der Waals surface area contributed by atoms with Gasteiger partial charge < -0.3 is 5.32 Å². The number of hydrogen-bond donors (Lipinski definition) is 1. The number of aromatic nitrogens is 2. The first-order valence-electron chi connectivity index (χ1n) is 6.19. The second-order valence-corrected chi connectivity index (χ2v) is 4.41. The second-order valence-electron chi connectivity index (χ2n) is 4.41. The summed E-state index contributed by atoms with van der Waals surface area (Å²) in [6.45, 7) is 0. The summed E-state index contributed by atoms with van der Waals surface area (Å²) in [6.07, 6.45) is -3.10. The van der Waals surface area contributed by atoms with Gasteiger partial charge in [0.15, 0.2) is 0 Å². The Balaban J connectivity index is 2.08. The summed E-state index contributed by atoms with van der Waals surface area (Å²) in [5.74, 6) is 0.345. The van der Waals surface area contributed by atoms with Crippen LogP contribution in [0.15, 0.2) is 54.9 Å². The minimum Gasteiger partial charge on any atom is -0.339 e. The van der Waals surface area contributed by atoms with Crippen molar-refractivity contribution in [2.75, 3.05) is 5.32 Å². The predicted molar refractivity (Wildman–Crippen MR) is 74.3 cm³/mol. The van der Waals surface area contributed by atoms with Gasteiger partial charge in [-0.25, -0.2) is 9.97 Å². The van der Waals surface area contributed by atoms with Crippen molar-refractivity contribution in [3.63, 3.8) is 0 Å². The van der Waals surface area contributed by atoms with Crippen LogP contribution in [0.3, 0.4) is 0 Å². The molecular formula is C15H10F3N3. The number of hydrogen-bond acceptors (Lipinski definition) is 3. The van der Waals surface area contributed by atoms with Crippen LogP contribution in [0.25, 0.3) is 10.9 Å². The maximum absolute atomic E-state index is 13.0. The van der Waals surface area contributed by atoms with Crippen LogP contribution >= 0.6 is 0 Å². The van der Waals surface area contributed by atoms with Gasteiger partial charge in [0.25, 0.3) is 0 Å². The molecule has 0 fully saturated rings. The van der Waals surface area contributed by atoms with Crippen LogP contribution in [0.5, 0.6) is 0 Å². The van der Waals surface area contributed by atoms with E-state index < -0.39 is 11.7 Å². The molecule has 3 rings (SSSR count). The predicted octanol–water partition coefficient (Wildman–Crippen LogP) is 4.39. The molecule has 0 radical (unpaired) electrons. The number of fused-ring (bicyclic) bond motifs is 1. The van der Waals surface area contributed by atoms with Crippen LogP contribution in [0.1, 0.15) is 5.56 Å². The van der Waals surface area contributed by atoms with E-state index in [1.165, 1.54) is 18.5 Å². The van der Waals surface area contributed by atoms with E-state index in [0.717, 1.165) is 6.07 Å². The molecule has 1 heterocycles. The Bertz CT molecular complexity index is 779. The van der Waals surface area contributed by atoms with Gasteiger partial charge in [0.05, 0.1) is 16.8 Å². The van der Waals surface area contributed by atoms with Crippen LogP contribution in [-0.4, -0.2) is 9.97 Å². The molecule has 2 aromatic carbocycles. The highest BCUT2D eigenvalue weighted by Gasteiger charge is 2.33. The zero-order valence-corrected chi connectivity index (χ0v) is 10.7. The van der Waals surface area contributed by atoms with Crippen molar-refractivity contribution >= 4 is 22.4 Å². The number of benzene rings is 2. The second kappa shape index (κ2) is 5.05. The van der Waals surface area contributed by atoms with Crippen LogP contribution in [0, 0.1) is 0 Å². The maximum Gasteiger partial charge on any atom is 0.418 e. The molecule has 0 bridgehead atoms. The zero-order chi connectivity index (χ0) is 14.9.